The molecule has 1 aliphatic rings. The van der Waals surface area contributed by atoms with Gasteiger partial charge in [0.25, 0.3) is 5.91 Å². The van der Waals surface area contributed by atoms with Crippen LogP contribution in [0.5, 0.6) is 0 Å². The second-order valence-electron chi connectivity index (χ2n) is 10.3. The first-order valence-corrected chi connectivity index (χ1v) is 14.3. The Morgan fingerprint density at radius 1 is 1.07 bits per heavy atom. The van der Waals surface area contributed by atoms with Crippen LogP contribution in [-0.2, 0) is 20.8 Å². The molecule has 1 saturated heterocycles. The molecule has 16 heteroatoms. The third kappa shape index (κ3) is 9.16. The smallest absolute Gasteiger partial charge is 0.332 e. The monoisotopic (exact) mass is 618 g/mol. The number of hydrazone groups is 1. The minimum absolute atomic E-state index is 0.121. The van der Waals surface area contributed by atoms with Crippen LogP contribution < -0.4 is 21.8 Å². The Balaban J connectivity index is 1.56. The SMILES string of the molecule is NC(=O)NN=C[C@H](CC(=O)O)NC(=O)[C@@H]1CCCCN1C(=O)[C@H](CCc1nn[nH]n1)NC(=O)c1ccccc1-c1ccccc1. The predicted molar refractivity (Wildman–Crippen MR) is 160 cm³/mol. The second-order valence-corrected chi connectivity index (χ2v) is 10.3. The minimum atomic E-state index is -1.22. The van der Waals surface area contributed by atoms with Crippen molar-refractivity contribution in [2.75, 3.05) is 6.54 Å². The van der Waals surface area contributed by atoms with Gasteiger partial charge in [-0.25, -0.2) is 10.2 Å². The molecule has 45 heavy (non-hydrogen) atoms. The van der Waals surface area contributed by atoms with E-state index in [1.165, 1.54) is 4.90 Å². The number of aryl methyl sites for hydroxylation is 1. The second kappa shape index (κ2) is 15.7. The number of hydrogen-bond acceptors (Lipinski definition) is 9. The summed E-state index contributed by atoms with van der Waals surface area (Å²) in [5, 5.41) is 32.1. The number of aromatic amines is 1. The Labute approximate surface area is 257 Å². The van der Waals surface area contributed by atoms with Crippen LogP contribution in [-0.4, -0.2) is 91.2 Å². The molecule has 3 atom stereocenters. The number of carbonyl (C=O) groups is 5. The number of likely N-dealkylation sites (tertiary alicyclic amines) is 1. The predicted octanol–water partition coefficient (Wildman–Crippen LogP) is 0.593. The number of tetrazole rings is 1. The van der Waals surface area contributed by atoms with Crippen LogP contribution >= 0.6 is 0 Å². The summed E-state index contributed by atoms with van der Waals surface area (Å²) >= 11 is 0. The highest BCUT2D eigenvalue weighted by Gasteiger charge is 2.37. The number of carboxylic acid groups (broad SMARTS) is 1. The van der Waals surface area contributed by atoms with Crippen LogP contribution in [0.2, 0.25) is 0 Å². The number of piperidine rings is 1. The normalized spacial score (nSPS) is 16.0. The first kappa shape index (κ1) is 32.2. The van der Waals surface area contributed by atoms with Gasteiger partial charge in [-0.2, -0.15) is 10.3 Å². The molecule has 7 N–H and O–H groups in total. The zero-order chi connectivity index (χ0) is 32.2. The van der Waals surface area contributed by atoms with E-state index in [0.29, 0.717) is 36.2 Å². The van der Waals surface area contributed by atoms with E-state index < -0.39 is 54.3 Å². The van der Waals surface area contributed by atoms with E-state index in [-0.39, 0.29) is 19.4 Å². The number of H-pyrrole nitrogens is 1. The molecule has 3 aromatic rings. The van der Waals surface area contributed by atoms with Gasteiger partial charge in [-0.05, 0) is 42.9 Å². The number of nitrogens with zero attached hydrogens (tertiary/aromatic N) is 5. The molecule has 16 nitrogen and oxygen atoms in total. The van der Waals surface area contributed by atoms with E-state index in [9.17, 15) is 29.1 Å². The maximum atomic E-state index is 14.1. The van der Waals surface area contributed by atoms with Gasteiger partial charge in [0.15, 0.2) is 5.82 Å². The number of aromatic nitrogens is 4. The lowest BCUT2D eigenvalue weighted by atomic mass is 9.97. The van der Waals surface area contributed by atoms with Crippen LogP contribution in [0.4, 0.5) is 4.79 Å². The van der Waals surface area contributed by atoms with Crippen molar-refractivity contribution >= 4 is 35.9 Å². The van der Waals surface area contributed by atoms with Crippen molar-refractivity contribution in [1.82, 2.24) is 41.6 Å². The Kier molecular flexibility index (Phi) is 11.3. The number of nitrogens with two attached hydrogens (primary N) is 1. The van der Waals surface area contributed by atoms with E-state index in [2.05, 4.69) is 36.4 Å². The molecular weight excluding hydrogens is 584 g/mol. The van der Waals surface area contributed by atoms with Gasteiger partial charge in [-0.15, -0.1) is 10.2 Å². The Morgan fingerprint density at radius 3 is 2.53 bits per heavy atom. The van der Waals surface area contributed by atoms with Crippen LogP contribution in [0.25, 0.3) is 11.1 Å². The molecule has 0 aliphatic carbocycles. The first-order valence-electron chi connectivity index (χ1n) is 14.3. The lowest BCUT2D eigenvalue weighted by Crippen LogP contribution is -2.58. The third-order valence-electron chi connectivity index (χ3n) is 7.15. The fraction of sp³-hybridized carbons (Fsp3) is 0.345. The van der Waals surface area contributed by atoms with Gasteiger partial charge in [-0.3, -0.25) is 19.2 Å². The van der Waals surface area contributed by atoms with Gasteiger partial charge in [0.05, 0.1) is 12.5 Å². The molecule has 1 fully saturated rings. The molecule has 0 saturated carbocycles. The summed E-state index contributed by atoms with van der Waals surface area (Å²) in [7, 11) is 0. The summed E-state index contributed by atoms with van der Waals surface area (Å²) in [5.74, 6) is -2.43. The summed E-state index contributed by atoms with van der Waals surface area (Å²) < 4.78 is 0. The highest BCUT2D eigenvalue weighted by Crippen LogP contribution is 2.24. The average molecular weight is 619 g/mol. The molecule has 0 unspecified atom stereocenters. The van der Waals surface area contributed by atoms with E-state index in [4.69, 9.17) is 5.73 Å². The zero-order valence-electron chi connectivity index (χ0n) is 24.3. The van der Waals surface area contributed by atoms with Crippen LogP contribution in [0.3, 0.4) is 0 Å². The molecule has 0 spiro atoms. The number of benzene rings is 2. The third-order valence-corrected chi connectivity index (χ3v) is 7.15. The fourth-order valence-electron chi connectivity index (χ4n) is 5.07. The summed E-state index contributed by atoms with van der Waals surface area (Å²) in [4.78, 5) is 64.9. The maximum absolute atomic E-state index is 14.1. The van der Waals surface area contributed by atoms with Crippen LogP contribution in [0.1, 0.15) is 48.3 Å². The lowest BCUT2D eigenvalue weighted by molar-refractivity contribution is -0.144. The first-order chi connectivity index (χ1) is 21.7. The van der Waals surface area contributed by atoms with Crippen molar-refractivity contribution in [3.63, 3.8) is 0 Å². The molecule has 236 valence electrons. The molecule has 1 aliphatic heterocycles. The molecule has 5 amide bonds. The fourth-order valence-corrected chi connectivity index (χ4v) is 5.07. The topological polar surface area (TPSA) is 238 Å². The number of hydrogen-bond donors (Lipinski definition) is 6. The maximum Gasteiger partial charge on any atom is 0.332 e. The van der Waals surface area contributed by atoms with Crippen LogP contribution in [0.15, 0.2) is 59.7 Å². The minimum Gasteiger partial charge on any atom is -0.481 e. The van der Waals surface area contributed by atoms with Gasteiger partial charge < -0.3 is 26.4 Å². The van der Waals surface area contributed by atoms with Crippen LogP contribution in [0, 0.1) is 0 Å². The highest BCUT2D eigenvalue weighted by molar-refractivity contribution is 6.03. The molecule has 2 aromatic carbocycles. The Morgan fingerprint density at radius 2 is 1.82 bits per heavy atom. The summed E-state index contributed by atoms with van der Waals surface area (Å²) in [6.07, 6.45) is 2.44. The quantitative estimate of drug-likeness (QED) is 0.116. The van der Waals surface area contributed by atoms with Gasteiger partial charge in [0.2, 0.25) is 11.8 Å². The number of aliphatic carboxylic acids is 1. The molecule has 0 bridgehead atoms. The molecule has 4 rings (SSSR count). The highest BCUT2D eigenvalue weighted by atomic mass is 16.4. The van der Waals surface area contributed by atoms with Crippen molar-refractivity contribution in [3.05, 3.63) is 66.0 Å². The van der Waals surface area contributed by atoms with E-state index in [1.807, 2.05) is 47.9 Å². The summed E-state index contributed by atoms with van der Waals surface area (Å²) in [6.45, 7) is 0.243. The van der Waals surface area contributed by atoms with Crippen molar-refractivity contribution < 1.29 is 29.1 Å². The van der Waals surface area contributed by atoms with Gasteiger partial charge in [0, 0.05) is 24.7 Å². The van der Waals surface area contributed by atoms with Crippen molar-refractivity contribution in [3.8, 4) is 11.1 Å². The van der Waals surface area contributed by atoms with Crippen molar-refractivity contribution in [2.24, 2.45) is 10.8 Å². The number of urea groups is 1. The standard InChI is InChI=1S/C29H34N10O6/c30-29(45)36-31-17-19(16-25(40)41)32-27(43)23-12-6-7-15-39(23)28(44)22(13-14-24-34-37-38-35-24)33-26(42)21-11-5-4-10-20(21)18-8-2-1-3-9-18/h1-5,8-11,17,19,22-23H,6-7,12-16H2,(H,32,43)(H,33,42)(H,40,41)(H3,30,36,45)(H,34,35,37,38)/t19-,22-,23-/m0/s1. The molecule has 0 radical (unpaired) electrons. The van der Waals surface area contributed by atoms with Gasteiger partial charge >= 0.3 is 12.0 Å². The number of carboxylic acids is 1. The van der Waals surface area contributed by atoms with E-state index in [0.717, 1.165) is 11.8 Å². The van der Waals surface area contributed by atoms with E-state index >= 15 is 0 Å². The number of amides is 5. The Hall–Kier alpha value is -5.67. The largest absolute Gasteiger partial charge is 0.481 e. The molecule has 2 heterocycles. The Bertz CT molecular complexity index is 1510. The van der Waals surface area contributed by atoms with Crippen molar-refractivity contribution in [2.45, 2.75) is 56.7 Å². The number of nitrogens with one attached hydrogen (secondary N) is 4. The van der Waals surface area contributed by atoms with Gasteiger partial charge in [0.1, 0.15) is 12.1 Å². The average Bonchev–Trinajstić information content (AvgIpc) is 3.56. The van der Waals surface area contributed by atoms with E-state index in [1.54, 1.807) is 12.1 Å². The number of rotatable bonds is 13. The number of primary amides is 1. The zero-order valence-corrected chi connectivity index (χ0v) is 24.3. The molecule has 1 aromatic heterocycles. The summed E-state index contributed by atoms with van der Waals surface area (Å²) in [5.41, 5.74) is 8.83. The number of carbonyl (C=O) groups excluding carboxylic acids is 4. The molecular formula is C29H34N10O6. The lowest BCUT2D eigenvalue weighted by Gasteiger charge is -2.37. The van der Waals surface area contributed by atoms with Gasteiger partial charge in [-0.1, -0.05) is 53.7 Å². The van der Waals surface area contributed by atoms with Crippen molar-refractivity contribution in [1.29, 1.82) is 0 Å². The summed E-state index contributed by atoms with van der Waals surface area (Å²) in [6, 6.07) is 12.4.